The number of carbonyl (C=O) groups is 2. The molecule has 4 heteroatoms. The summed E-state index contributed by atoms with van der Waals surface area (Å²) in [4.78, 5) is 23.4. The lowest BCUT2D eigenvalue weighted by Crippen LogP contribution is -2.35. The van der Waals surface area contributed by atoms with Crippen molar-refractivity contribution in [2.24, 2.45) is 10.8 Å². The summed E-state index contributed by atoms with van der Waals surface area (Å²) < 4.78 is 10.2. The molecule has 1 fully saturated rings. The van der Waals surface area contributed by atoms with Crippen LogP contribution in [-0.4, -0.2) is 31.1 Å². The summed E-state index contributed by atoms with van der Waals surface area (Å²) in [6.45, 7) is 9.89. The van der Waals surface area contributed by atoms with Crippen molar-refractivity contribution < 1.29 is 19.1 Å². The second-order valence-electron chi connectivity index (χ2n) is 6.05. The van der Waals surface area contributed by atoms with Gasteiger partial charge in [-0.3, -0.25) is 9.59 Å². The normalized spacial score (nSPS) is 19.9. The summed E-state index contributed by atoms with van der Waals surface area (Å²) in [6.07, 6.45) is 0.565. The highest BCUT2D eigenvalue weighted by atomic mass is 16.6. The zero-order chi connectivity index (χ0) is 13.3. The summed E-state index contributed by atoms with van der Waals surface area (Å²) in [6, 6.07) is 0. The molecule has 4 nitrogen and oxygen atoms in total. The van der Waals surface area contributed by atoms with Crippen molar-refractivity contribution in [1.82, 2.24) is 0 Å². The minimum absolute atomic E-state index is 0.0792. The quantitative estimate of drug-likeness (QED) is 0.528. The second-order valence-corrected chi connectivity index (χ2v) is 6.05. The Kier molecular flexibility index (Phi) is 3.97. The molecule has 1 aliphatic heterocycles. The number of carbonyl (C=O) groups excluding carboxylic acids is 2. The Labute approximate surface area is 103 Å². The van der Waals surface area contributed by atoms with Gasteiger partial charge in [0.2, 0.25) is 0 Å². The van der Waals surface area contributed by atoms with Crippen LogP contribution in [0.2, 0.25) is 0 Å². The molecule has 0 aliphatic carbocycles. The molecule has 0 radical (unpaired) electrons. The van der Waals surface area contributed by atoms with Crippen molar-refractivity contribution in [3.05, 3.63) is 0 Å². The number of ether oxygens (including phenoxy) is 2. The third kappa shape index (κ3) is 4.11. The zero-order valence-electron chi connectivity index (χ0n) is 11.3. The lowest BCUT2D eigenvalue weighted by molar-refractivity contribution is -0.156. The van der Waals surface area contributed by atoms with Gasteiger partial charge >= 0.3 is 5.97 Å². The first-order chi connectivity index (χ1) is 7.65. The van der Waals surface area contributed by atoms with Crippen LogP contribution in [0.3, 0.4) is 0 Å². The van der Waals surface area contributed by atoms with E-state index in [4.69, 9.17) is 9.47 Å². The first-order valence-electron chi connectivity index (χ1n) is 5.95. The fraction of sp³-hybridized carbons (Fsp3) is 0.846. The molecule has 0 saturated carbocycles. The highest BCUT2D eigenvalue weighted by Gasteiger charge is 2.39. The SMILES string of the molecule is CC(=O)C(C)(C)CC(C)(C)C(=O)OCC1CO1. The molecule has 0 aromatic rings. The third-order valence-electron chi connectivity index (χ3n) is 3.19. The molecular formula is C13H22O4. The van der Waals surface area contributed by atoms with Crippen molar-refractivity contribution in [2.75, 3.05) is 13.2 Å². The average Bonchev–Trinajstić information content (AvgIpc) is 2.95. The van der Waals surface area contributed by atoms with Crippen LogP contribution in [0.15, 0.2) is 0 Å². The Morgan fingerprint density at radius 1 is 1.24 bits per heavy atom. The first-order valence-corrected chi connectivity index (χ1v) is 5.95. The topological polar surface area (TPSA) is 55.9 Å². The van der Waals surface area contributed by atoms with E-state index in [1.807, 2.05) is 27.7 Å². The zero-order valence-corrected chi connectivity index (χ0v) is 11.3. The number of esters is 1. The Morgan fingerprint density at radius 3 is 2.18 bits per heavy atom. The van der Waals surface area contributed by atoms with Gasteiger partial charge in [0.25, 0.3) is 0 Å². The standard InChI is InChI=1S/C13H22O4/c1-9(14)12(2,3)8-13(4,5)11(15)17-7-10-6-16-10/h10H,6-8H2,1-5H3. The smallest absolute Gasteiger partial charge is 0.311 e. The lowest BCUT2D eigenvalue weighted by Gasteiger charge is -2.31. The highest BCUT2D eigenvalue weighted by Crippen LogP contribution is 2.35. The van der Waals surface area contributed by atoms with Crippen LogP contribution in [0, 0.1) is 10.8 Å². The predicted octanol–water partition coefficient (Wildman–Crippen LogP) is 1.96. The van der Waals surface area contributed by atoms with Crippen LogP contribution < -0.4 is 0 Å². The highest BCUT2D eigenvalue weighted by molar-refractivity contribution is 5.83. The van der Waals surface area contributed by atoms with E-state index in [1.54, 1.807) is 6.92 Å². The molecule has 0 aromatic carbocycles. The molecule has 1 saturated heterocycles. The molecule has 0 spiro atoms. The van der Waals surface area contributed by atoms with Crippen molar-refractivity contribution in [2.45, 2.75) is 47.1 Å². The maximum Gasteiger partial charge on any atom is 0.311 e. The van der Waals surface area contributed by atoms with Crippen LogP contribution in [0.25, 0.3) is 0 Å². The Morgan fingerprint density at radius 2 is 1.76 bits per heavy atom. The average molecular weight is 242 g/mol. The summed E-state index contributed by atoms with van der Waals surface area (Å²) in [7, 11) is 0. The molecule has 0 aromatic heterocycles. The van der Waals surface area contributed by atoms with E-state index in [1.165, 1.54) is 0 Å². The maximum absolute atomic E-state index is 11.9. The molecule has 0 bridgehead atoms. The summed E-state index contributed by atoms with van der Waals surface area (Å²) >= 11 is 0. The van der Waals surface area contributed by atoms with E-state index in [2.05, 4.69) is 0 Å². The minimum atomic E-state index is -0.649. The molecule has 98 valence electrons. The Hall–Kier alpha value is -0.900. The molecule has 17 heavy (non-hydrogen) atoms. The van der Waals surface area contributed by atoms with Crippen LogP contribution >= 0.6 is 0 Å². The van der Waals surface area contributed by atoms with E-state index in [-0.39, 0.29) is 17.9 Å². The van der Waals surface area contributed by atoms with Gasteiger partial charge in [0.05, 0.1) is 12.0 Å². The number of hydrogen-bond donors (Lipinski definition) is 0. The fourth-order valence-corrected chi connectivity index (χ4v) is 1.83. The maximum atomic E-state index is 11.9. The predicted molar refractivity (Wildman–Crippen MR) is 63.6 cm³/mol. The Bertz CT molecular complexity index is 313. The molecular weight excluding hydrogens is 220 g/mol. The molecule has 1 heterocycles. The van der Waals surface area contributed by atoms with E-state index in [0.717, 1.165) is 0 Å². The number of epoxide rings is 1. The summed E-state index contributed by atoms with van der Waals surface area (Å²) in [5.74, 6) is -0.175. The van der Waals surface area contributed by atoms with Gasteiger partial charge in [-0.25, -0.2) is 0 Å². The van der Waals surface area contributed by atoms with Gasteiger partial charge in [0.1, 0.15) is 18.5 Å². The molecule has 1 unspecified atom stereocenters. The molecule has 1 rings (SSSR count). The van der Waals surface area contributed by atoms with E-state index >= 15 is 0 Å². The van der Waals surface area contributed by atoms with Gasteiger partial charge in [-0.15, -0.1) is 0 Å². The first kappa shape index (κ1) is 14.2. The van der Waals surface area contributed by atoms with Crippen molar-refractivity contribution in [1.29, 1.82) is 0 Å². The molecule has 0 amide bonds. The summed E-state index contributed by atoms with van der Waals surface area (Å²) in [5.41, 5.74) is -1.15. The van der Waals surface area contributed by atoms with Gasteiger partial charge in [0.15, 0.2) is 0 Å². The number of ketones is 1. The largest absolute Gasteiger partial charge is 0.462 e. The number of Topliss-reactive ketones (excluding diaryl/α,β-unsaturated/α-hetero) is 1. The molecule has 1 atom stereocenters. The van der Waals surface area contributed by atoms with E-state index < -0.39 is 10.8 Å². The van der Waals surface area contributed by atoms with Crippen LogP contribution in [0.5, 0.6) is 0 Å². The van der Waals surface area contributed by atoms with Crippen LogP contribution in [-0.2, 0) is 19.1 Å². The summed E-state index contributed by atoms with van der Waals surface area (Å²) in [5, 5.41) is 0. The van der Waals surface area contributed by atoms with Crippen LogP contribution in [0.1, 0.15) is 41.0 Å². The van der Waals surface area contributed by atoms with Gasteiger partial charge < -0.3 is 9.47 Å². The monoisotopic (exact) mass is 242 g/mol. The molecule has 1 aliphatic rings. The van der Waals surface area contributed by atoms with E-state index in [0.29, 0.717) is 19.6 Å². The van der Waals surface area contributed by atoms with Crippen molar-refractivity contribution in [3.63, 3.8) is 0 Å². The minimum Gasteiger partial charge on any atom is -0.462 e. The second kappa shape index (κ2) is 4.77. The van der Waals surface area contributed by atoms with Gasteiger partial charge in [-0.2, -0.15) is 0 Å². The number of rotatable bonds is 6. The molecule has 0 N–H and O–H groups in total. The van der Waals surface area contributed by atoms with Crippen molar-refractivity contribution in [3.8, 4) is 0 Å². The Balaban J connectivity index is 2.52. The lowest BCUT2D eigenvalue weighted by atomic mass is 9.73. The van der Waals surface area contributed by atoms with Crippen LogP contribution in [0.4, 0.5) is 0 Å². The third-order valence-corrected chi connectivity index (χ3v) is 3.19. The van der Waals surface area contributed by atoms with E-state index in [9.17, 15) is 9.59 Å². The van der Waals surface area contributed by atoms with Gasteiger partial charge in [-0.1, -0.05) is 13.8 Å². The van der Waals surface area contributed by atoms with Gasteiger partial charge in [0, 0.05) is 5.41 Å². The van der Waals surface area contributed by atoms with Gasteiger partial charge in [-0.05, 0) is 27.2 Å². The van der Waals surface area contributed by atoms with Crippen molar-refractivity contribution >= 4 is 11.8 Å². The fourth-order valence-electron chi connectivity index (χ4n) is 1.83. The number of hydrogen-bond acceptors (Lipinski definition) is 4.